The standard InChI is InChI=1S/C11H8ClF2N3S/c12-6-1-3-7(4-2-6)18-11-9(14)5-8(13)10(16-11)17-15/h1-5H,15H2,(H,16,17). The molecule has 7 heteroatoms. The van der Waals surface area contributed by atoms with Gasteiger partial charge in [-0.1, -0.05) is 23.4 Å². The molecule has 0 spiro atoms. The number of nitrogen functional groups attached to an aromatic ring is 1. The van der Waals surface area contributed by atoms with Gasteiger partial charge in [0.25, 0.3) is 0 Å². The van der Waals surface area contributed by atoms with E-state index in [1.165, 1.54) is 0 Å². The van der Waals surface area contributed by atoms with Crippen molar-refractivity contribution in [3.05, 3.63) is 47.0 Å². The Hall–Kier alpha value is -1.37. The third kappa shape index (κ3) is 2.90. The van der Waals surface area contributed by atoms with E-state index in [-0.39, 0.29) is 10.8 Å². The van der Waals surface area contributed by atoms with Crippen LogP contribution in [0.2, 0.25) is 5.02 Å². The van der Waals surface area contributed by atoms with Crippen LogP contribution in [0.5, 0.6) is 0 Å². The van der Waals surface area contributed by atoms with Crippen molar-refractivity contribution in [3.63, 3.8) is 0 Å². The maximum Gasteiger partial charge on any atom is 0.177 e. The monoisotopic (exact) mass is 287 g/mol. The number of halogens is 3. The van der Waals surface area contributed by atoms with E-state index in [0.717, 1.165) is 22.7 Å². The number of hydrogen-bond donors (Lipinski definition) is 2. The van der Waals surface area contributed by atoms with Gasteiger partial charge >= 0.3 is 0 Å². The Kier molecular flexibility index (Phi) is 4.00. The molecule has 0 unspecified atom stereocenters. The van der Waals surface area contributed by atoms with Gasteiger partial charge < -0.3 is 5.43 Å². The maximum absolute atomic E-state index is 13.5. The van der Waals surface area contributed by atoms with Crippen molar-refractivity contribution in [3.8, 4) is 0 Å². The number of hydrogen-bond acceptors (Lipinski definition) is 4. The molecule has 0 aliphatic heterocycles. The molecular formula is C11H8ClF2N3S. The van der Waals surface area contributed by atoms with Gasteiger partial charge in [-0.3, -0.25) is 0 Å². The molecule has 0 amide bonds. The summed E-state index contributed by atoms with van der Waals surface area (Å²) in [4.78, 5) is 4.49. The molecule has 1 heterocycles. The average molecular weight is 288 g/mol. The molecule has 0 aliphatic carbocycles. The second-order valence-electron chi connectivity index (χ2n) is 3.31. The minimum absolute atomic E-state index is 0.0340. The minimum Gasteiger partial charge on any atom is -0.306 e. The second-order valence-corrected chi connectivity index (χ2v) is 4.80. The van der Waals surface area contributed by atoms with Gasteiger partial charge in [-0.25, -0.2) is 19.6 Å². The lowest BCUT2D eigenvalue weighted by Gasteiger charge is -2.06. The van der Waals surface area contributed by atoms with E-state index in [2.05, 4.69) is 10.4 Å². The van der Waals surface area contributed by atoms with Gasteiger partial charge in [0.15, 0.2) is 17.5 Å². The number of pyridine rings is 1. The number of nitrogens with one attached hydrogen (secondary N) is 1. The van der Waals surface area contributed by atoms with Crippen LogP contribution in [0.15, 0.2) is 40.3 Å². The highest BCUT2D eigenvalue weighted by Gasteiger charge is 2.12. The van der Waals surface area contributed by atoms with E-state index in [1.54, 1.807) is 24.3 Å². The van der Waals surface area contributed by atoms with Gasteiger partial charge in [-0.15, -0.1) is 0 Å². The second kappa shape index (κ2) is 5.51. The molecule has 0 bridgehead atoms. The Bertz CT molecular complexity index is 563. The SMILES string of the molecule is NNc1nc(Sc2ccc(Cl)cc2)c(F)cc1F. The molecule has 0 fully saturated rings. The number of nitrogens with zero attached hydrogens (tertiary/aromatic N) is 1. The summed E-state index contributed by atoms with van der Waals surface area (Å²) < 4.78 is 26.7. The number of benzene rings is 1. The minimum atomic E-state index is -0.838. The van der Waals surface area contributed by atoms with Crippen LogP contribution in [-0.2, 0) is 0 Å². The lowest BCUT2D eigenvalue weighted by molar-refractivity contribution is 0.551. The quantitative estimate of drug-likeness (QED) is 0.670. The van der Waals surface area contributed by atoms with Gasteiger partial charge in [0.05, 0.1) is 0 Å². The third-order valence-electron chi connectivity index (χ3n) is 2.06. The first-order chi connectivity index (χ1) is 8.60. The van der Waals surface area contributed by atoms with Crippen molar-refractivity contribution in [2.75, 3.05) is 5.43 Å². The fraction of sp³-hybridized carbons (Fsp3) is 0. The first-order valence-electron chi connectivity index (χ1n) is 4.86. The highest BCUT2D eigenvalue weighted by Crippen LogP contribution is 2.30. The lowest BCUT2D eigenvalue weighted by atomic mass is 10.4. The van der Waals surface area contributed by atoms with E-state index in [1.807, 2.05) is 0 Å². The molecule has 1 aromatic heterocycles. The first kappa shape index (κ1) is 13.1. The van der Waals surface area contributed by atoms with Crippen LogP contribution in [0.25, 0.3) is 0 Å². The molecule has 2 rings (SSSR count). The van der Waals surface area contributed by atoms with Crippen LogP contribution in [-0.4, -0.2) is 4.98 Å². The molecule has 0 saturated heterocycles. The van der Waals surface area contributed by atoms with E-state index < -0.39 is 11.6 Å². The van der Waals surface area contributed by atoms with Crippen molar-refractivity contribution in [1.82, 2.24) is 4.98 Å². The molecule has 0 atom stereocenters. The molecule has 3 nitrogen and oxygen atoms in total. The normalized spacial score (nSPS) is 10.4. The summed E-state index contributed by atoms with van der Waals surface area (Å²) in [6, 6.07) is 7.52. The van der Waals surface area contributed by atoms with Gasteiger partial charge in [0.2, 0.25) is 0 Å². The van der Waals surface area contributed by atoms with Gasteiger partial charge in [0, 0.05) is 16.0 Å². The van der Waals surface area contributed by atoms with E-state index in [9.17, 15) is 8.78 Å². The van der Waals surface area contributed by atoms with Crippen LogP contribution < -0.4 is 11.3 Å². The van der Waals surface area contributed by atoms with Crippen molar-refractivity contribution in [1.29, 1.82) is 0 Å². The molecular weight excluding hydrogens is 280 g/mol. The zero-order valence-corrected chi connectivity index (χ0v) is 10.5. The molecule has 3 N–H and O–H groups in total. The Morgan fingerprint density at radius 3 is 2.44 bits per heavy atom. The fourth-order valence-electron chi connectivity index (χ4n) is 1.24. The average Bonchev–Trinajstić information content (AvgIpc) is 2.35. The Morgan fingerprint density at radius 2 is 1.83 bits per heavy atom. The van der Waals surface area contributed by atoms with E-state index >= 15 is 0 Å². The Morgan fingerprint density at radius 1 is 1.17 bits per heavy atom. The highest BCUT2D eigenvalue weighted by atomic mass is 35.5. The fourth-order valence-corrected chi connectivity index (χ4v) is 2.15. The summed E-state index contributed by atoms with van der Waals surface area (Å²) in [6.45, 7) is 0. The smallest absolute Gasteiger partial charge is 0.177 e. The van der Waals surface area contributed by atoms with Crippen LogP contribution in [0.3, 0.4) is 0 Å². The van der Waals surface area contributed by atoms with E-state index in [4.69, 9.17) is 17.4 Å². The highest BCUT2D eigenvalue weighted by molar-refractivity contribution is 7.99. The Labute approximate surface area is 111 Å². The third-order valence-corrected chi connectivity index (χ3v) is 3.30. The molecule has 18 heavy (non-hydrogen) atoms. The van der Waals surface area contributed by atoms with Gasteiger partial charge in [-0.05, 0) is 24.3 Å². The van der Waals surface area contributed by atoms with Crippen LogP contribution in [0.4, 0.5) is 14.6 Å². The summed E-state index contributed by atoms with van der Waals surface area (Å²) in [7, 11) is 0. The lowest BCUT2D eigenvalue weighted by Crippen LogP contribution is -2.11. The number of hydrazine groups is 1. The zero-order valence-electron chi connectivity index (χ0n) is 8.95. The molecule has 2 aromatic rings. The van der Waals surface area contributed by atoms with Crippen molar-refractivity contribution in [2.24, 2.45) is 5.84 Å². The number of anilines is 1. The first-order valence-corrected chi connectivity index (χ1v) is 6.05. The molecule has 1 aromatic carbocycles. The molecule has 0 radical (unpaired) electrons. The predicted molar refractivity (Wildman–Crippen MR) is 67.5 cm³/mol. The largest absolute Gasteiger partial charge is 0.306 e. The number of nitrogens with two attached hydrogens (primary N) is 1. The summed E-state index contributed by atoms with van der Waals surface area (Å²) in [5.41, 5.74) is 2.07. The van der Waals surface area contributed by atoms with Crippen molar-refractivity contribution >= 4 is 29.2 Å². The van der Waals surface area contributed by atoms with Crippen LogP contribution >= 0.6 is 23.4 Å². The van der Waals surface area contributed by atoms with Gasteiger partial charge in [0.1, 0.15) is 5.03 Å². The maximum atomic E-state index is 13.5. The topological polar surface area (TPSA) is 50.9 Å². The summed E-state index contributed by atoms with van der Waals surface area (Å²) in [5, 5.41) is 0.614. The van der Waals surface area contributed by atoms with Gasteiger partial charge in [-0.2, -0.15) is 0 Å². The number of rotatable bonds is 3. The zero-order chi connectivity index (χ0) is 13.1. The summed E-state index contributed by atoms with van der Waals surface area (Å²) in [5.74, 6) is 3.30. The van der Waals surface area contributed by atoms with Crippen LogP contribution in [0.1, 0.15) is 0 Å². The summed E-state index contributed by atoms with van der Waals surface area (Å²) >= 11 is 6.79. The molecule has 0 saturated carbocycles. The molecule has 0 aliphatic rings. The summed E-state index contributed by atoms with van der Waals surface area (Å²) in [6.07, 6.45) is 0. The Balaban J connectivity index is 2.31. The predicted octanol–water partition coefficient (Wildman–Crippen LogP) is 3.45. The van der Waals surface area contributed by atoms with Crippen molar-refractivity contribution < 1.29 is 8.78 Å². The van der Waals surface area contributed by atoms with E-state index in [0.29, 0.717) is 5.02 Å². The number of aromatic nitrogens is 1. The molecule has 94 valence electrons. The van der Waals surface area contributed by atoms with Crippen LogP contribution in [0, 0.1) is 11.6 Å². The van der Waals surface area contributed by atoms with Crippen molar-refractivity contribution in [2.45, 2.75) is 9.92 Å².